The zero-order valence-corrected chi connectivity index (χ0v) is 44.1. The van der Waals surface area contributed by atoms with E-state index in [9.17, 15) is 33.6 Å². The summed E-state index contributed by atoms with van der Waals surface area (Å²) in [6, 6.07) is 19.1. The van der Waals surface area contributed by atoms with Crippen molar-refractivity contribution in [1.29, 1.82) is 0 Å². The Morgan fingerprint density at radius 2 is 1.45 bits per heavy atom. The van der Waals surface area contributed by atoms with E-state index in [1.54, 1.807) is 55.5 Å². The van der Waals surface area contributed by atoms with Crippen LogP contribution in [0.25, 0.3) is 0 Å². The van der Waals surface area contributed by atoms with Gasteiger partial charge in [0.05, 0.1) is 59.2 Å². The molecule has 0 aromatic heterocycles. The summed E-state index contributed by atoms with van der Waals surface area (Å²) in [5.74, 6) is -1.07. The first-order valence-corrected chi connectivity index (χ1v) is 25.8. The van der Waals surface area contributed by atoms with E-state index < -0.39 is 53.7 Å². The molecular formula is C57H68N4O15. The Balaban J connectivity index is 0.951. The van der Waals surface area contributed by atoms with Crippen LogP contribution in [0.5, 0.6) is 40.2 Å². The summed E-state index contributed by atoms with van der Waals surface area (Å²) in [4.78, 5) is 95.6. The van der Waals surface area contributed by atoms with E-state index in [1.807, 2.05) is 37.3 Å². The average Bonchev–Trinajstić information content (AvgIpc) is 3.70. The fourth-order valence-corrected chi connectivity index (χ4v) is 9.99. The van der Waals surface area contributed by atoms with Crippen LogP contribution in [0.1, 0.15) is 127 Å². The number of carbonyl (C=O) groups is 7. The number of nitrogens with one attached hydrogen (secondary N) is 2. The van der Waals surface area contributed by atoms with E-state index in [0.717, 1.165) is 36.1 Å². The molecule has 2 saturated heterocycles. The van der Waals surface area contributed by atoms with E-state index in [0.29, 0.717) is 97.2 Å². The molecule has 3 heterocycles. The number of aryl methyl sites for hydroxylation is 1. The van der Waals surface area contributed by atoms with E-state index in [1.165, 1.54) is 27.4 Å². The highest BCUT2D eigenvalue weighted by Gasteiger charge is 2.46. The van der Waals surface area contributed by atoms with Gasteiger partial charge in [0.25, 0.3) is 17.7 Å². The number of hydrogen-bond donors (Lipinski definition) is 2. The number of fused-ring (bicyclic) bond motifs is 1. The first-order valence-electron chi connectivity index (χ1n) is 25.8. The Hall–Kier alpha value is -7.83. The van der Waals surface area contributed by atoms with Crippen LogP contribution >= 0.6 is 0 Å². The SMILES string of the molecule is CCC(C(=O)N1CCCCC1C(=O)OC(CCc1ccc(OC)c(OC)c1)c1ccccc1OCC(=O)NCCCCCCOc1cccc2c1C(=O)N(C1CCC(=O)NC1=O)C2=O)c1cc(OC)c(OC)c(OC)c1. The van der Waals surface area contributed by atoms with Crippen molar-refractivity contribution in [2.24, 2.45) is 0 Å². The number of esters is 1. The smallest absolute Gasteiger partial charge is 0.329 e. The van der Waals surface area contributed by atoms with Crippen molar-refractivity contribution in [3.05, 3.63) is 101 Å². The molecule has 3 aliphatic heterocycles. The first kappa shape index (κ1) is 55.9. The predicted octanol–water partition coefficient (Wildman–Crippen LogP) is 7.06. The summed E-state index contributed by atoms with van der Waals surface area (Å²) < 4.78 is 46.3. The zero-order valence-electron chi connectivity index (χ0n) is 44.1. The molecule has 0 aliphatic carbocycles. The number of carbonyl (C=O) groups excluding carboxylic acids is 7. The number of likely N-dealkylation sites (tertiary alicyclic amines) is 1. The largest absolute Gasteiger partial charge is 0.493 e. The van der Waals surface area contributed by atoms with Crippen molar-refractivity contribution in [1.82, 2.24) is 20.4 Å². The van der Waals surface area contributed by atoms with Gasteiger partial charge in [-0.05, 0) is 111 Å². The Labute approximate surface area is 442 Å². The number of ether oxygens (including phenoxy) is 8. The molecule has 3 aliphatic rings. The number of unbranched alkanes of at least 4 members (excludes halogenated alkanes) is 3. The predicted molar refractivity (Wildman–Crippen MR) is 277 cm³/mol. The minimum absolute atomic E-state index is 0.0272. The van der Waals surface area contributed by atoms with E-state index >= 15 is 0 Å². The van der Waals surface area contributed by atoms with Crippen molar-refractivity contribution >= 4 is 41.4 Å². The fourth-order valence-electron chi connectivity index (χ4n) is 9.99. The Bertz CT molecular complexity index is 2740. The van der Waals surface area contributed by atoms with Crippen LogP contribution in [0, 0.1) is 0 Å². The molecule has 19 heteroatoms. The summed E-state index contributed by atoms with van der Waals surface area (Å²) in [7, 11) is 7.68. The van der Waals surface area contributed by atoms with Gasteiger partial charge in [-0.3, -0.25) is 39.0 Å². The van der Waals surface area contributed by atoms with Gasteiger partial charge in [0.15, 0.2) is 29.6 Å². The monoisotopic (exact) mass is 1050 g/mol. The summed E-state index contributed by atoms with van der Waals surface area (Å²) in [5, 5.41) is 5.11. The zero-order chi connectivity index (χ0) is 54.3. The third-order valence-electron chi connectivity index (χ3n) is 14.0. The number of para-hydroxylation sites is 1. The Morgan fingerprint density at radius 3 is 2.16 bits per heavy atom. The van der Waals surface area contributed by atoms with Gasteiger partial charge in [0, 0.05) is 25.1 Å². The third kappa shape index (κ3) is 13.0. The van der Waals surface area contributed by atoms with E-state index in [4.69, 9.17) is 37.9 Å². The van der Waals surface area contributed by atoms with Gasteiger partial charge in [-0.2, -0.15) is 0 Å². The van der Waals surface area contributed by atoms with Crippen LogP contribution in [0.3, 0.4) is 0 Å². The van der Waals surface area contributed by atoms with Crippen molar-refractivity contribution in [3.63, 3.8) is 0 Å². The van der Waals surface area contributed by atoms with E-state index in [-0.39, 0.29) is 54.7 Å². The molecule has 2 fully saturated rings. The molecule has 6 amide bonds. The summed E-state index contributed by atoms with van der Waals surface area (Å²) in [5.41, 5.74) is 2.39. The van der Waals surface area contributed by atoms with Gasteiger partial charge in [-0.15, -0.1) is 0 Å². The molecule has 406 valence electrons. The van der Waals surface area contributed by atoms with Crippen LogP contribution in [-0.2, 0) is 35.1 Å². The van der Waals surface area contributed by atoms with Gasteiger partial charge in [-0.25, -0.2) is 4.79 Å². The van der Waals surface area contributed by atoms with Crippen molar-refractivity contribution < 1.29 is 71.5 Å². The molecule has 4 atom stereocenters. The molecule has 0 spiro atoms. The molecule has 7 rings (SSSR count). The topological polar surface area (TPSA) is 224 Å². The Kier molecular flexibility index (Phi) is 19.6. The molecule has 0 bridgehead atoms. The summed E-state index contributed by atoms with van der Waals surface area (Å²) >= 11 is 0. The van der Waals surface area contributed by atoms with Crippen LogP contribution in [0.2, 0.25) is 0 Å². The molecule has 0 saturated carbocycles. The first-order chi connectivity index (χ1) is 36.8. The van der Waals surface area contributed by atoms with Crippen LogP contribution in [-0.4, -0.2) is 125 Å². The minimum atomic E-state index is -1.07. The quantitative estimate of drug-likeness (QED) is 0.0365. The van der Waals surface area contributed by atoms with Crippen molar-refractivity contribution in [2.75, 3.05) is 61.9 Å². The van der Waals surface area contributed by atoms with Gasteiger partial charge in [-0.1, -0.05) is 50.1 Å². The lowest BCUT2D eigenvalue weighted by atomic mass is 9.91. The maximum absolute atomic E-state index is 14.6. The second-order valence-electron chi connectivity index (χ2n) is 18.7. The van der Waals surface area contributed by atoms with Gasteiger partial charge in [0.2, 0.25) is 23.5 Å². The van der Waals surface area contributed by atoms with Gasteiger partial charge >= 0.3 is 5.97 Å². The highest BCUT2D eigenvalue weighted by atomic mass is 16.6. The number of nitrogens with zero attached hydrogens (tertiary/aromatic N) is 2. The number of amides is 6. The second kappa shape index (κ2) is 26.6. The molecule has 76 heavy (non-hydrogen) atoms. The highest BCUT2D eigenvalue weighted by molar-refractivity contribution is 6.24. The van der Waals surface area contributed by atoms with Crippen molar-refractivity contribution in [2.45, 2.75) is 108 Å². The summed E-state index contributed by atoms with van der Waals surface area (Å²) in [6.45, 7) is 2.66. The molecule has 2 N–H and O–H groups in total. The lowest BCUT2D eigenvalue weighted by Gasteiger charge is -2.37. The van der Waals surface area contributed by atoms with Crippen molar-refractivity contribution in [3.8, 4) is 40.2 Å². The molecule has 19 nitrogen and oxygen atoms in total. The van der Waals surface area contributed by atoms with Gasteiger partial charge in [0.1, 0.15) is 29.7 Å². The number of methoxy groups -OCH3 is 5. The number of piperidine rings is 2. The number of imide groups is 2. The average molecular weight is 1050 g/mol. The van der Waals surface area contributed by atoms with Crippen LogP contribution < -0.4 is 43.8 Å². The van der Waals surface area contributed by atoms with Crippen LogP contribution in [0.15, 0.2) is 72.8 Å². The normalized spacial score (nSPS) is 17.0. The summed E-state index contributed by atoms with van der Waals surface area (Å²) in [6.07, 6.45) is 5.19. The molecule has 4 aromatic rings. The minimum Gasteiger partial charge on any atom is -0.493 e. The number of rotatable bonds is 26. The standard InChI is InChI=1S/C57H68N4O15/c1-7-37(36-32-47(71-4)52(73-6)48(33-36)72-5)54(65)60-29-14-12-19-41(60)57(68)76-43(25-22-35-23-26-44(69-2)46(31-35)70-3)38-17-10-11-20-42(38)75-34-50(63)58-28-13-8-9-15-30-74-45-21-16-18-39-51(45)56(67)61(55(39)66)40-24-27-49(62)59-53(40)64/h10-11,16-18,20-21,23,26,31-33,37,40-41,43H,7-9,12-15,19,22,24-25,27-30,34H2,1-6H3,(H,58,63)(H,59,62,64). The number of benzene rings is 4. The van der Waals surface area contributed by atoms with E-state index in [2.05, 4.69) is 10.6 Å². The van der Waals surface area contributed by atoms with Gasteiger partial charge < -0.3 is 48.1 Å². The van der Waals surface area contributed by atoms with Crippen LogP contribution in [0.4, 0.5) is 0 Å². The molecule has 4 aromatic carbocycles. The lowest BCUT2D eigenvalue weighted by Crippen LogP contribution is -2.54. The molecular weight excluding hydrogens is 981 g/mol. The maximum atomic E-state index is 14.6. The highest BCUT2D eigenvalue weighted by Crippen LogP contribution is 2.42. The molecule has 0 radical (unpaired) electrons. The number of hydrogen-bond acceptors (Lipinski definition) is 15. The maximum Gasteiger partial charge on any atom is 0.329 e. The lowest BCUT2D eigenvalue weighted by molar-refractivity contribution is -0.162. The fraction of sp³-hybridized carbons (Fsp3) is 0.456. The second-order valence-corrected chi connectivity index (χ2v) is 18.7. The third-order valence-corrected chi connectivity index (χ3v) is 14.0. The molecule has 4 unspecified atom stereocenters. The Morgan fingerprint density at radius 1 is 0.724 bits per heavy atom.